The van der Waals surface area contributed by atoms with Crippen molar-refractivity contribution in [1.29, 1.82) is 0 Å². The molecule has 82 valence electrons. The Labute approximate surface area is 97.1 Å². The van der Waals surface area contributed by atoms with Crippen LogP contribution in [-0.2, 0) is 15.6 Å². The van der Waals surface area contributed by atoms with E-state index in [1.807, 2.05) is 0 Å². The number of hydrogen-bond acceptors (Lipinski definition) is 2. The van der Waals surface area contributed by atoms with E-state index in [2.05, 4.69) is 0 Å². The number of carbonyl (C=O) groups is 1. The molecule has 1 rings (SSSR count). The maximum Gasteiger partial charge on any atom is 0.131 e. The van der Waals surface area contributed by atoms with Gasteiger partial charge >= 0.3 is 0 Å². The third-order valence-corrected chi connectivity index (χ3v) is 3.82. The van der Waals surface area contributed by atoms with Crippen molar-refractivity contribution in [3.8, 4) is 0 Å². The molecule has 0 saturated carbocycles. The van der Waals surface area contributed by atoms with Crippen LogP contribution in [-0.4, -0.2) is 15.2 Å². The number of hydrogen-bond donors (Lipinski definition) is 0. The normalized spacial score (nSPS) is 14.6. The third kappa shape index (κ3) is 3.76. The Morgan fingerprint density at radius 1 is 1.53 bits per heavy atom. The molecule has 2 atom stereocenters. The van der Waals surface area contributed by atoms with Crippen molar-refractivity contribution >= 4 is 28.2 Å². The molecule has 15 heavy (non-hydrogen) atoms. The van der Waals surface area contributed by atoms with Crippen LogP contribution >= 0.6 is 11.6 Å². The fourth-order valence-electron chi connectivity index (χ4n) is 1.30. The van der Waals surface area contributed by atoms with E-state index in [0.717, 1.165) is 0 Å². The van der Waals surface area contributed by atoms with Gasteiger partial charge in [-0.15, -0.1) is 0 Å². The highest BCUT2D eigenvalue weighted by atomic mass is 35.5. The van der Waals surface area contributed by atoms with Gasteiger partial charge in [-0.2, -0.15) is 0 Å². The zero-order valence-corrected chi connectivity index (χ0v) is 10.3. The number of ketones is 1. The molecule has 0 bridgehead atoms. The first-order chi connectivity index (χ1) is 7.00. The van der Waals surface area contributed by atoms with E-state index in [-0.39, 0.29) is 11.0 Å². The predicted molar refractivity (Wildman–Crippen MR) is 62.6 cm³/mol. The monoisotopic (exact) mass is 244 g/mol. The van der Waals surface area contributed by atoms with Gasteiger partial charge in [-0.05, 0) is 25.1 Å². The molecule has 0 saturated heterocycles. The summed E-state index contributed by atoms with van der Waals surface area (Å²) in [6.07, 6.45) is 0.332. The van der Waals surface area contributed by atoms with Crippen LogP contribution in [0.3, 0.4) is 0 Å². The molecule has 0 spiro atoms. The van der Waals surface area contributed by atoms with Gasteiger partial charge < -0.3 is 0 Å². The van der Waals surface area contributed by atoms with Gasteiger partial charge in [-0.25, -0.2) is 0 Å². The van der Waals surface area contributed by atoms with E-state index in [0.29, 0.717) is 16.3 Å². The van der Waals surface area contributed by atoms with Gasteiger partial charge in [0.1, 0.15) is 5.78 Å². The van der Waals surface area contributed by atoms with Gasteiger partial charge in [0.25, 0.3) is 0 Å². The predicted octanol–water partition coefficient (Wildman–Crippen LogP) is 2.82. The van der Waals surface area contributed by atoms with Crippen molar-refractivity contribution in [3.63, 3.8) is 0 Å². The second-order valence-corrected chi connectivity index (χ2v) is 5.78. The summed E-state index contributed by atoms with van der Waals surface area (Å²) in [6.45, 7) is 3.31. The molecule has 2 nitrogen and oxygen atoms in total. The van der Waals surface area contributed by atoms with E-state index in [1.165, 1.54) is 6.92 Å². The fraction of sp³-hybridized carbons (Fsp3) is 0.364. The Balaban J connectivity index is 2.80. The first-order valence-corrected chi connectivity index (χ1v) is 6.25. The van der Waals surface area contributed by atoms with Crippen LogP contribution < -0.4 is 0 Å². The molecule has 0 aliphatic heterocycles. The Morgan fingerprint density at radius 2 is 2.20 bits per heavy atom. The van der Waals surface area contributed by atoms with Crippen LogP contribution in [0.2, 0.25) is 5.02 Å². The minimum Gasteiger partial charge on any atom is -0.300 e. The van der Waals surface area contributed by atoms with Gasteiger partial charge in [0, 0.05) is 21.6 Å². The van der Waals surface area contributed by atoms with Crippen molar-refractivity contribution in [2.75, 3.05) is 0 Å². The molecule has 0 N–H and O–H groups in total. The molecule has 1 aromatic rings. The lowest BCUT2D eigenvalue weighted by Gasteiger charge is -2.09. The second kappa shape index (κ2) is 5.42. The van der Waals surface area contributed by atoms with Crippen LogP contribution in [0.15, 0.2) is 29.2 Å². The van der Waals surface area contributed by atoms with E-state index < -0.39 is 10.8 Å². The van der Waals surface area contributed by atoms with Crippen LogP contribution in [0.4, 0.5) is 0 Å². The molecular formula is C11H13ClO2S. The first kappa shape index (κ1) is 12.4. The molecule has 0 aliphatic rings. The number of rotatable bonds is 4. The third-order valence-electron chi connectivity index (χ3n) is 1.97. The maximum atomic E-state index is 11.9. The lowest BCUT2D eigenvalue weighted by Crippen LogP contribution is -2.14. The fourth-order valence-corrected chi connectivity index (χ4v) is 2.87. The van der Waals surface area contributed by atoms with E-state index in [4.69, 9.17) is 11.6 Å². The Morgan fingerprint density at radius 3 is 2.73 bits per heavy atom. The average Bonchev–Trinajstić information content (AvgIpc) is 2.15. The van der Waals surface area contributed by atoms with Crippen molar-refractivity contribution in [1.82, 2.24) is 0 Å². The molecule has 1 aromatic carbocycles. The quantitative estimate of drug-likeness (QED) is 0.816. The SMILES string of the molecule is CC(=O)CC(C)S(=O)c1cccc(Cl)c1. The smallest absolute Gasteiger partial charge is 0.131 e. The standard InChI is InChI=1S/C11H13ClO2S/c1-8(13)6-9(2)15(14)11-5-3-4-10(12)7-11/h3-5,7,9H,6H2,1-2H3. The molecule has 0 amide bonds. The van der Waals surface area contributed by atoms with Crippen molar-refractivity contribution in [2.24, 2.45) is 0 Å². The highest BCUT2D eigenvalue weighted by Crippen LogP contribution is 2.18. The van der Waals surface area contributed by atoms with Crippen molar-refractivity contribution < 1.29 is 9.00 Å². The molecule has 0 fully saturated rings. The molecule has 2 unspecified atom stereocenters. The molecule has 0 aromatic heterocycles. The molecule has 0 radical (unpaired) electrons. The number of carbonyl (C=O) groups excluding carboxylic acids is 1. The Kier molecular flexibility index (Phi) is 4.48. The number of Topliss-reactive ketones (excluding diaryl/α,β-unsaturated/α-hetero) is 1. The summed E-state index contributed by atoms with van der Waals surface area (Å²) in [7, 11) is -1.16. The first-order valence-electron chi connectivity index (χ1n) is 4.66. The summed E-state index contributed by atoms with van der Waals surface area (Å²) in [4.78, 5) is 11.6. The molecule has 0 heterocycles. The summed E-state index contributed by atoms with van der Waals surface area (Å²) in [6, 6.07) is 6.93. The average molecular weight is 245 g/mol. The van der Waals surface area contributed by atoms with Crippen LogP contribution in [0.1, 0.15) is 20.3 Å². The zero-order valence-electron chi connectivity index (χ0n) is 8.70. The van der Waals surface area contributed by atoms with Gasteiger partial charge in [0.15, 0.2) is 0 Å². The lowest BCUT2D eigenvalue weighted by atomic mass is 10.2. The van der Waals surface area contributed by atoms with E-state index >= 15 is 0 Å². The second-order valence-electron chi connectivity index (χ2n) is 3.47. The van der Waals surface area contributed by atoms with Gasteiger partial charge in [-0.1, -0.05) is 24.6 Å². The Bertz CT molecular complexity index is 390. The summed E-state index contributed by atoms with van der Waals surface area (Å²) >= 11 is 5.80. The molecule has 0 aliphatic carbocycles. The minimum atomic E-state index is -1.16. The van der Waals surface area contributed by atoms with Crippen LogP contribution in [0.5, 0.6) is 0 Å². The highest BCUT2D eigenvalue weighted by molar-refractivity contribution is 7.85. The summed E-state index contributed by atoms with van der Waals surface area (Å²) in [5.41, 5.74) is 0. The van der Waals surface area contributed by atoms with E-state index in [9.17, 15) is 9.00 Å². The summed E-state index contributed by atoms with van der Waals surface area (Å²) in [5, 5.41) is 0.400. The molecular weight excluding hydrogens is 232 g/mol. The topological polar surface area (TPSA) is 34.1 Å². The Hall–Kier alpha value is -0.670. The summed E-state index contributed by atoms with van der Waals surface area (Å²) in [5.74, 6) is 0.0536. The number of halogens is 1. The van der Waals surface area contributed by atoms with Crippen LogP contribution in [0, 0.1) is 0 Å². The zero-order chi connectivity index (χ0) is 11.4. The highest BCUT2D eigenvalue weighted by Gasteiger charge is 2.15. The number of benzene rings is 1. The van der Waals surface area contributed by atoms with Crippen molar-refractivity contribution in [2.45, 2.75) is 30.4 Å². The summed E-state index contributed by atoms with van der Waals surface area (Å²) < 4.78 is 11.9. The van der Waals surface area contributed by atoms with Crippen LogP contribution in [0.25, 0.3) is 0 Å². The van der Waals surface area contributed by atoms with Gasteiger partial charge in [0.2, 0.25) is 0 Å². The van der Waals surface area contributed by atoms with Crippen molar-refractivity contribution in [3.05, 3.63) is 29.3 Å². The molecule has 4 heteroatoms. The maximum absolute atomic E-state index is 11.9. The lowest BCUT2D eigenvalue weighted by molar-refractivity contribution is -0.116. The largest absolute Gasteiger partial charge is 0.300 e. The van der Waals surface area contributed by atoms with E-state index in [1.54, 1.807) is 31.2 Å². The minimum absolute atomic E-state index is 0.0536. The van der Waals surface area contributed by atoms with Gasteiger partial charge in [-0.3, -0.25) is 9.00 Å². The van der Waals surface area contributed by atoms with Gasteiger partial charge in [0.05, 0.1) is 10.8 Å².